The van der Waals surface area contributed by atoms with Gasteiger partial charge in [-0.15, -0.1) is 0 Å². The minimum absolute atomic E-state index is 0.0380. The van der Waals surface area contributed by atoms with E-state index >= 15 is 0 Å². The van der Waals surface area contributed by atoms with E-state index in [0.717, 1.165) is 26.1 Å². The summed E-state index contributed by atoms with van der Waals surface area (Å²) in [5, 5.41) is 0. The van der Waals surface area contributed by atoms with Gasteiger partial charge >= 0.3 is 0 Å². The molecule has 0 aromatic rings. The molecule has 0 spiro atoms. The number of piperazine rings is 1. The maximum atomic E-state index is 11.8. The van der Waals surface area contributed by atoms with E-state index in [9.17, 15) is 8.42 Å². The number of hydrogen-bond donors (Lipinski definition) is 1. The second-order valence-electron chi connectivity index (χ2n) is 3.96. The van der Waals surface area contributed by atoms with Crippen molar-refractivity contribution in [3.05, 3.63) is 0 Å². The van der Waals surface area contributed by atoms with Crippen LogP contribution in [0, 0.1) is 0 Å². The van der Waals surface area contributed by atoms with Crippen LogP contribution in [-0.4, -0.2) is 61.1 Å². The van der Waals surface area contributed by atoms with Crippen LogP contribution in [-0.2, 0) is 10.0 Å². The van der Waals surface area contributed by atoms with E-state index < -0.39 is 10.0 Å². The molecule has 1 fully saturated rings. The molecule has 0 amide bonds. The lowest BCUT2D eigenvalue weighted by molar-refractivity contribution is 0.189. The van der Waals surface area contributed by atoms with Gasteiger partial charge in [-0.05, 0) is 13.0 Å². The molecule has 7 heteroatoms. The quantitative estimate of drug-likeness (QED) is 0.687. The van der Waals surface area contributed by atoms with Gasteiger partial charge in [0, 0.05) is 26.2 Å². The number of nitrogens with zero attached hydrogens (tertiary/aromatic N) is 2. The summed E-state index contributed by atoms with van der Waals surface area (Å²) in [6.45, 7) is 5.84. The predicted molar refractivity (Wildman–Crippen MR) is 68.9 cm³/mol. The molecule has 5 nitrogen and oxygen atoms in total. The maximum Gasteiger partial charge on any atom is 0.220 e. The van der Waals surface area contributed by atoms with Crippen molar-refractivity contribution in [2.75, 3.05) is 38.5 Å². The molecule has 0 saturated carbocycles. The molecule has 0 aromatic heterocycles. The van der Waals surface area contributed by atoms with Gasteiger partial charge in [0.1, 0.15) is 5.75 Å². The topological polar surface area (TPSA) is 66.6 Å². The second-order valence-corrected chi connectivity index (χ2v) is 6.46. The number of rotatable bonds is 5. The second kappa shape index (κ2) is 5.90. The van der Waals surface area contributed by atoms with Crippen LogP contribution >= 0.6 is 12.2 Å². The Morgan fingerprint density at radius 2 is 1.88 bits per heavy atom. The van der Waals surface area contributed by atoms with Crippen LogP contribution in [0.3, 0.4) is 0 Å². The van der Waals surface area contributed by atoms with Gasteiger partial charge in [-0.25, -0.2) is 8.42 Å². The Hall–Kier alpha value is -0.240. The van der Waals surface area contributed by atoms with Crippen molar-refractivity contribution < 1.29 is 8.42 Å². The highest BCUT2D eigenvalue weighted by atomic mass is 32.2. The van der Waals surface area contributed by atoms with Crippen LogP contribution in [0.25, 0.3) is 0 Å². The van der Waals surface area contributed by atoms with E-state index in [4.69, 9.17) is 5.73 Å². The zero-order valence-electron chi connectivity index (χ0n) is 9.55. The summed E-state index contributed by atoms with van der Waals surface area (Å²) in [5.41, 5.74) is 5.28. The zero-order chi connectivity index (χ0) is 12.2. The van der Waals surface area contributed by atoms with E-state index in [1.165, 1.54) is 4.31 Å². The van der Waals surface area contributed by atoms with Gasteiger partial charge in [-0.1, -0.05) is 19.1 Å². The van der Waals surface area contributed by atoms with Crippen LogP contribution in [0.15, 0.2) is 0 Å². The van der Waals surface area contributed by atoms with Crippen LogP contribution in [0.5, 0.6) is 0 Å². The molecule has 0 radical (unpaired) electrons. The van der Waals surface area contributed by atoms with Crippen molar-refractivity contribution in [1.29, 1.82) is 0 Å². The fourth-order valence-corrected chi connectivity index (χ4v) is 3.53. The minimum atomic E-state index is -3.28. The summed E-state index contributed by atoms with van der Waals surface area (Å²) in [7, 11) is -3.28. The van der Waals surface area contributed by atoms with Crippen LogP contribution in [0.2, 0.25) is 0 Å². The normalized spacial score (nSPS) is 19.8. The molecule has 16 heavy (non-hydrogen) atoms. The summed E-state index contributed by atoms with van der Waals surface area (Å²) in [6, 6.07) is 0. The molecule has 0 bridgehead atoms. The van der Waals surface area contributed by atoms with Gasteiger partial charge in [0.05, 0.1) is 4.99 Å². The average Bonchev–Trinajstić information content (AvgIpc) is 2.17. The highest BCUT2D eigenvalue weighted by Crippen LogP contribution is 2.08. The molecule has 2 N–H and O–H groups in total. The van der Waals surface area contributed by atoms with Gasteiger partial charge in [-0.2, -0.15) is 4.31 Å². The standard InChI is InChI=1S/C9H19N3O2S2/c1-2-3-11-4-6-12(7-5-11)16(13,14)8-9(10)15/h2-8H2,1H3,(H2,10,15). The Bertz CT molecular complexity index is 335. The average molecular weight is 265 g/mol. The number of thiocarbonyl (C=S) groups is 1. The number of sulfonamides is 1. The van der Waals surface area contributed by atoms with Crippen LogP contribution in [0.4, 0.5) is 0 Å². The molecule has 0 unspecified atom stereocenters. The molecular weight excluding hydrogens is 246 g/mol. The highest BCUT2D eigenvalue weighted by Gasteiger charge is 2.26. The zero-order valence-corrected chi connectivity index (χ0v) is 11.2. The van der Waals surface area contributed by atoms with E-state index in [1.54, 1.807) is 0 Å². The fraction of sp³-hybridized carbons (Fsp3) is 0.889. The third kappa shape index (κ3) is 3.97. The molecule has 1 aliphatic heterocycles. The largest absolute Gasteiger partial charge is 0.392 e. The summed E-state index contributed by atoms with van der Waals surface area (Å²) in [5.74, 6) is -0.212. The van der Waals surface area contributed by atoms with Gasteiger partial charge in [0.25, 0.3) is 0 Å². The minimum Gasteiger partial charge on any atom is -0.392 e. The number of hydrogen-bond acceptors (Lipinski definition) is 4. The molecule has 1 aliphatic rings. The van der Waals surface area contributed by atoms with Gasteiger partial charge in [-0.3, -0.25) is 0 Å². The SMILES string of the molecule is CCCN1CCN(S(=O)(=O)CC(N)=S)CC1. The Kier molecular flexibility index (Phi) is 5.10. The predicted octanol–water partition coefficient (Wildman–Crippen LogP) is -0.370. The van der Waals surface area contributed by atoms with Gasteiger partial charge in [0.2, 0.25) is 10.0 Å². The molecule has 94 valence electrons. The van der Waals surface area contributed by atoms with E-state index in [-0.39, 0.29) is 10.7 Å². The van der Waals surface area contributed by atoms with E-state index in [2.05, 4.69) is 24.0 Å². The lowest BCUT2D eigenvalue weighted by Crippen LogP contribution is -2.50. The first kappa shape index (κ1) is 13.8. The molecular formula is C9H19N3O2S2. The molecule has 1 saturated heterocycles. The molecule has 1 heterocycles. The van der Waals surface area contributed by atoms with Gasteiger partial charge in [0.15, 0.2) is 0 Å². The van der Waals surface area contributed by atoms with Crippen molar-refractivity contribution in [2.24, 2.45) is 5.73 Å². The first-order valence-corrected chi connectivity index (χ1v) is 7.46. The van der Waals surface area contributed by atoms with Crippen molar-refractivity contribution in [2.45, 2.75) is 13.3 Å². The van der Waals surface area contributed by atoms with Crippen LogP contribution in [0.1, 0.15) is 13.3 Å². The van der Waals surface area contributed by atoms with Crippen molar-refractivity contribution in [3.8, 4) is 0 Å². The summed E-state index contributed by atoms with van der Waals surface area (Å²) >= 11 is 4.64. The third-order valence-electron chi connectivity index (χ3n) is 2.59. The Morgan fingerprint density at radius 3 is 2.31 bits per heavy atom. The lowest BCUT2D eigenvalue weighted by atomic mass is 10.3. The monoisotopic (exact) mass is 265 g/mol. The first-order valence-electron chi connectivity index (χ1n) is 5.44. The Morgan fingerprint density at radius 1 is 1.31 bits per heavy atom. The van der Waals surface area contributed by atoms with Gasteiger partial charge < -0.3 is 10.6 Å². The first-order chi connectivity index (χ1) is 7.45. The van der Waals surface area contributed by atoms with Crippen molar-refractivity contribution in [1.82, 2.24) is 9.21 Å². The third-order valence-corrected chi connectivity index (χ3v) is 4.74. The fourth-order valence-electron chi connectivity index (χ4n) is 1.82. The van der Waals surface area contributed by atoms with Crippen molar-refractivity contribution in [3.63, 3.8) is 0 Å². The summed E-state index contributed by atoms with van der Waals surface area (Å²) in [4.78, 5) is 2.31. The molecule has 0 aromatic carbocycles. The smallest absolute Gasteiger partial charge is 0.220 e. The Labute approximate surface area is 103 Å². The summed E-state index contributed by atoms with van der Waals surface area (Å²) < 4.78 is 25.1. The molecule has 0 atom stereocenters. The lowest BCUT2D eigenvalue weighted by Gasteiger charge is -2.33. The molecule has 0 aliphatic carbocycles. The number of nitrogens with two attached hydrogens (primary N) is 1. The highest BCUT2D eigenvalue weighted by molar-refractivity contribution is 7.92. The Balaban J connectivity index is 2.50. The maximum absolute atomic E-state index is 11.8. The van der Waals surface area contributed by atoms with E-state index in [1.807, 2.05) is 0 Å². The summed E-state index contributed by atoms with van der Waals surface area (Å²) in [6.07, 6.45) is 1.10. The molecule has 1 rings (SSSR count). The van der Waals surface area contributed by atoms with Crippen molar-refractivity contribution >= 4 is 27.2 Å². The van der Waals surface area contributed by atoms with E-state index in [0.29, 0.717) is 13.1 Å². The van der Waals surface area contributed by atoms with Crippen LogP contribution < -0.4 is 5.73 Å².